The molecule has 3 heteroatoms. The van der Waals surface area contributed by atoms with E-state index in [1.54, 1.807) is 6.20 Å². The summed E-state index contributed by atoms with van der Waals surface area (Å²) < 4.78 is 0. The van der Waals surface area contributed by atoms with E-state index in [9.17, 15) is 0 Å². The minimum Gasteiger partial charge on any atom is -0.330 e. The highest BCUT2D eigenvalue weighted by atomic mass is 35.5. The second-order valence-corrected chi connectivity index (χ2v) is 5.05. The van der Waals surface area contributed by atoms with E-state index >= 15 is 0 Å². The van der Waals surface area contributed by atoms with Gasteiger partial charge >= 0.3 is 0 Å². The molecule has 76 valence electrons. The summed E-state index contributed by atoms with van der Waals surface area (Å²) in [5.74, 6) is 0. The molecule has 1 aromatic rings. The van der Waals surface area contributed by atoms with Gasteiger partial charge in [0, 0.05) is 18.2 Å². The van der Waals surface area contributed by atoms with Gasteiger partial charge in [-0.1, -0.05) is 31.5 Å². The Labute approximate surface area is 89.5 Å². The predicted octanol–water partition coefficient (Wildman–Crippen LogP) is 2.36. The molecule has 0 aliphatic heterocycles. The van der Waals surface area contributed by atoms with Crippen molar-refractivity contribution < 1.29 is 0 Å². The third-order valence-electron chi connectivity index (χ3n) is 3.54. The third-order valence-corrected chi connectivity index (χ3v) is 3.84. The molecule has 1 saturated carbocycles. The molecular weight excluding hydrogens is 196 g/mol. The summed E-state index contributed by atoms with van der Waals surface area (Å²) in [6, 6.07) is 3.96. The number of halogens is 1. The average molecular weight is 211 g/mol. The van der Waals surface area contributed by atoms with Crippen molar-refractivity contribution in [3.63, 3.8) is 0 Å². The molecule has 2 rings (SSSR count). The zero-order chi connectivity index (χ0) is 10.4. The van der Waals surface area contributed by atoms with E-state index in [1.165, 1.54) is 0 Å². The highest BCUT2D eigenvalue weighted by molar-refractivity contribution is 6.30. The summed E-state index contributed by atoms with van der Waals surface area (Å²) in [4.78, 5) is 4.11. The minimum atomic E-state index is 0.0539. The monoisotopic (exact) mass is 210 g/mol. The molecule has 2 nitrogen and oxygen atoms in total. The Bertz CT molecular complexity index is 362. The molecule has 1 aliphatic carbocycles. The lowest BCUT2D eigenvalue weighted by molar-refractivity contribution is 0.502. The standard InChI is InChI=1S/C11H15ClN2/c1-10(2)6-11(10,7-13)8-4-3-5-14-9(8)12/h3-5H,6-7,13H2,1-2H3. The first-order valence-electron chi connectivity index (χ1n) is 4.85. The molecule has 0 bridgehead atoms. The molecule has 0 aromatic carbocycles. The van der Waals surface area contributed by atoms with Gasteiger partial charge in [0.15, 0.2) is 0 Å². The van der Waals surface area contributed by atoms with Crippen molar-refractivity contribution >= 4 is 11.6 Å². The van der Waals surface area contributed by atoms with Crippen molar-refractivity contribution in [3.8, 4) is 0 Å². The predicted molar refractivity (Wildman–Crippen MR) is 58.4 cm³/mol. The number of rotatable bonds is 2. The Morgan fingerprint density at radius 2 is 2.21 bits per heavy atom. The first-order chi connectivity index (χ1) is 6.53. The van der Waals surface area contributed by atoms with E-state index in [0.29, 0.717) is 11.7 Å². The Morgan fingerprint density at radius 3 is 2.64 bits per heavy atom. The van der Waals surface area contributed by atoms with Crippen LogP contribution < -0.4 is 5.73 Å². The van der Waals surface area contributed by atoms with Crippen LogP contribution in [-0.4, -0.2) is 11.5 Å². The average Bonchev–Trinajstić information content (AvgIpc) is 2.70. The fourth-order valence-corrected chi connectivity index (χ4v) is 2.67. The fourth-order valence-electron chi connectivity index (χ4n) is 2.37. The molecule has 1 fully saturated rings. The first kappa shape index (κ1) is 9.94. The van der Waals surface area contributed by atoms with Crippen LogP contribution in [-0.2, 0) is 5.41 Å². The zero-order valence-corrected chi connectivity index (χ0v) is 9.30. The quantitative estimate of drug-likeness (QED) is 0.762. The van der Waals surface area contributed by atoms with E-state index in [-0.39, 0.29) is 10.8 Å². The topological polar surface area (TPSA) is 38.9 Å². The van der Waals surface area contributed by atoms with E-state index in [4.69, 9.17) is 17.3 Å². The molecule has 0 spiro atoms. The smallest absolute Gasteiger partial charge is 0.132 e. The maximum Gasteiger partial charge on any atom is 0.132 e. The molecule has 1 aromatic heterocycles. The van der Waals surface area contributed by atoms with E-state index in [0.717, 1.165) is 12.0 Å². The molecule has 14 heavy (non-hydrogen) atoms. The molecule has 1 unspecified atom stereocenters. The lowest BCUT2D eigenvalue weighted by Crippen LogP contribution is -2.25. The van der Waals surface area contributed by atoms with Crippen LogP contribution in [0.1, 0.15) is 25.8 Å². The summed E-state index contributed by atoms with van der Waals surface area (Å²) in [6.45, 7) is 5.10. The number of hydrogen-bond acceptors (Lipinski definition) is 2. The van der Waals surface area contributed by atoms with Crippen LogP contribution in [0.2, 0.25) is 5.15 Å². The maximum absolute atomic E-state index is 6.09. The van der Waals surface area contributed by atoms with Gasteiger partial charge in [0.1, 0.15) is 5.15 Å². The first-order valence-corrected chi connectivity index (χ1v) is 5.22. The van der Waals surface area contributed by atoms with Crippen LogP contribution in [0.25, 0.3) is 0 Å². The Kier molecular flexibility index (Phi) is 2.09. The summed E-state index contributed by atoms with van der Waals surface area (Å²) in [5, 5.41) is 0.600. The van der Waals surface area contributed by atoms with Gasteiger partial charge in [-0.3, -0.25) is 0 Å². The number of nitrogens with two attached hydrogens (primary N) is 1. The molecular formula is C11H15ClN2. The molecule has 0 amide bonds. The molecule has 1 heterocycles. The maximum atomic E-state index is 6.09. The van der Waals surface area contributed by atoms with Crippen LogP contribution in [0.5, 0.6) is 0 Å². The Balaban J connectivity index is 2.46. The second kappa shape index (κ2) is 2.94. The van der Waals surface area contributed by atoms with Crippen molar-refractivity contribution in [2.24, 2.45) is 11.1 Å². The normalized spacial score (nSPS) is 28.9. The van der Waals surface area contributed by atoms with Gasteiger partial charge in [-0.25, -0.2) is 4.98 Å². The van der Waals surface area contributed by atoms with Crippen LogP contribution in [0.15, 0.2) is 18.3 Å². The van der Waals surface area contributed by atoms with Crippen LogP contribution in [0.4, 0.5) is 0 Å². The largest absolute Gasteiger partial charge is 0.330 e. The van der Waals surface area contributed by atoms with E-state index in [2.05, 4.69) is 18.8 Å². The van der Waals surface area contributed by atoms with Crippen LogP contribution >= 0.6 is 11.6 Å². The fraction of sp³-hybridized carbons (Fsp3) is 0.545. The Hall–Kier alpha value is -0.600. The minimum absolute atomic E-state index is 0.0539. The van der Waals surface area contributed by atoms with Gasteiger partial charge in [0.25, 0.3) is 0 Å². The van der Waals surface area contributed by atoms with Gasteiger partial charge in [-0.05, 0) is 23.5 Å². The number of hydrogen-bond donors (Lipinski definition) is 1. The summed E-state index contributed by atoms with van der Waals surface area (Å²) in [6.07, 6.45) is 2.81. The van der Waals surface area contributed by atoms with Gasteiger partial charge in [0.2, 0.25) is 0 Å². The molecule has 1 aliphatic rings. The SMILES string of the molecule is CC1(C)CC1(CN)c1cccnc1Cl. The summed E-state index contributed by atoms with van der Waals surface area (Å²) >= 11 is 6.09. The molecule has 2 N–H and O–H groups in total. The zero-order valence-electron chi connectivity index (χ0n) is 8.55. The van der Waals surface area contributed by atoms with Crippen molar-refractivity contribution in [2.45, 2.75) is 25.7 Å². The van der Waals surface area contributed by atoms with Gasteiger partial charge in [-0.2, -0.15) is 0 Å². The Morgan fingerprint density at radius 1 is 1.57 bits per heavy atom. The second-order valence-electron chi connectivity index (χ2n) is 4.69. The number of pyridine rings is 1. The highest BCUT2D eigenvalue weighted by Gasteiger charge is 2.61. The molecule has 0 radical (unpaired) electrons. The molecule has 0 saturated heterocycles. The number of aromatic nitrogens is 1. The van der Waals surface area contributed by atoms with Gasteiger partial charge in [0.05, 0.1) is 0 Å². The highest BCUT2D eigenvalue weighted by Crippen LogP contribution is 2.64. The van der Waals surface area contributed by atoms with Gasteiger partial charge in [-0.15, -0.1) is 0 Å². The summed E-state index contributed by atoms with van der Waals surface area (Å²) in [7, 11) is 0. The van der Waals surface area contributed by atoms with Crippen molar-refractivity contribution in [1.82, 2.24) is 4.98 Å². The van der Waals surface area contributed by atoms with Gasteiger partial charge < -0.3 is 5.73 Å². The third kappa shape index (κ3) is 1.17. The van der Waals surface area contributed by atoms with Crippen LogP contribution in [0.3, 0.4) is 0 Å². The van der Waals surface area contributed by atoms with Crippen LogP contribution in [0, 0.1) is 5.41 Å². The van der Waals surface area contributed by atoms with E-state index < -0.39 is 0 Å². The molecule has 1 atom stereocenters. The van der Waals surface area contributed by atoms with E-state index in [1.807, 2.05) is 12.1 Å². The summed E-state index contributed by atoms with van der Waals surface area (Å²) in [5.41, 5.74) is 7.28. The lowest BCUT2D eigenvalue weighted by atomic mass is 9.89. The number of nitrogens with zero attached hydrogens (tertiary/aromatic N) is 1. The van der Waals surface area contributed by atoms with Crippen molar-refractivity contribution in [3.05, 3.63) is 29.0 Å². The van der Waals surface area contributed by atoms with Crippen molar-refractivity contribution in [1.29, 1.82) is 0 Å². The lowest BCUT2D eigenvalue weighted by Gasteiger charge is -2.19. The van der Waals surface area contributed by atoms with Crippen molar-refractivity contribution in [2.75, 3.05) is 6.54 Å².